The van der Waals surface area contributed by atoms with Gasteiger partial charge in [-0.1, -0.05) is 19.8 Å². The van der Waals surface area contributed by atoms with Crippen molar-refractivity contribution < 1.29 is 19.2 Å². The van der Waals surface area contributed by atoms with Gasteiger partial charge in [-0.05, 0) is 37.0 Å². The molecule has 2 aliphatic rings. The van der Waals surface area contributed by atoms with Crippen LogP contribution in [0.5, 0.6) is 11.5 Å². The normalized spacial score (nSPS) is 28.6. The summed E-state index contributed by atoms with van der Waals surface area (Å²) in [4.78, 5) is 14.0. The first-order valence-corrected chi connectivity index (χ1v) is 9.98. The smallest absolute Gasteiger partial charge is 0.275 e. The van der Waals surface area contributed by atoms with Gasteiger partial charge < -0.3 is 19.7 Å². The van der Waals surface area contributed by atoms with Gasteiger partial charge in [0, 0.05) is 18.9 Å². The third-order valence-electron chi connectivity index (χ3n) is 6.14. The van der Waals surface area contributed by atoms with Gasteiger partial charge in [0.05, 0.1) is 26.3 Å². The van der Waals surface area contributed by atoms with Crippen LogP contribution in [0.3, 0.4) is 0 Å². The van der Waals surface area contributed by atoms with E-state index in [4.69, 9.17) is 9.47 Å². The van der Waals surface area contributed by atoms with E-state index < -0.39 is 0 Å². The number of rotatable bonds is 6. The third kappa shape index (κ3) is 4.32. The van der Waals surface area contributed by atoms with Gasteiger partial charge >= 0.3 is 0 Å². The summed E-state index contributed by atoms with van der Waals surface area (Å²) in [7, 11) is 3.39. The maximum absolute atomic E-state index is 12.7. The highest BCUT2D eigenvalue weighted by molar-refractivity contribution is 5.77. The van der Waals surface area contributed by atoms with E-state index in [2.05, 4.69) is 18.3 Å². The quantitative estimate of drug-likeness (QED) is 0.816. The molecule has 0 aromatic heterocycles. The number of quaternary nitrogens is 1. The van der Waals surface area contributed by atoms with E-state index in [-0.39, 0.29) is 11.9 Å². The lowest BCUT2D eigenvalue weighted by Gasteiger charge is -2.30. The summed E-state index contributed by atoms with van der Waals surface area (Å²) in [5, 5.41) is 3.30. The first-order valence-electron chi connectivity index (χ1n) is 9.98. The number of amides is 1. The number of carbonyl (C=O) groups is 1. The van der Waals surface area contributed by atoms with Crippen molar-refractivity contribution in [2.45, 2.75) is 57.5 Å². The molecule has 2 N–H and O–H groups in total. The first kappa shape index (κ1) is 19.0. The molecular formula is C21H33N2O3+. The van der Waals surface area contributed by atoms with Crippen LogP contribution in [0.25, 0.3) is 0 Å². The van der Waals surface area contributed by atoms with Gasteiger partial charge in [0.1, 0.15) is 17.5 Å². The van der Waals surface area contributed by atoms with Crippen LogP contribution in [0.15, 0.2) is 18.2 Å². The molecule has 4 atom stereocenters. The largest absolute Gasteiger partial charge is 0.497 e. The molecule has 5 heteroatoms. The predicted octanol–water partition coefficient (Wildman–Crippen LogP) is 2.12. The Labute approximate surface area is 157 Å². The molecular weight excluding hydrogens is 328 g/mol. The zero-order valence-corrected chi connectivity index (χ0v) is 16.3. The molecule has 1 saturated carbocycles. The second kappa shape index (κ2) is 8.76. The van der Waals surface area contributed by atoms with E-state index >= 15 is 0 Å². The molecule has 1 heterocycles. The molecule has 1 aliphatic carbocycles. The lowest BCUT2D eigenvalue weighted by atomic mass is 9.86. The summed E-state index contributed by atoms with van der Waals surface area (Å²) in [6, 6.07) is 6.59. The Morgan fingerprint density at radius 1 is 1.15 bits per heavy atom. The standard InChI is InChI=1S/C21H32N2O3/c1-15-7-4-5-8-18(15)22-21(24)14-23-12-6-9-19(23)17-13-16(25-2)10-11-20(17)26-3/h10-11,13,15,18-19H,4-9,12,14H2,1-3H3,(H,22,24)/p+1/t15-,18+,19-/m1/s1. The van der Waals surface area contributed by atoms with Gasteiger partial charge in [0.25, 0.3) is 5.91 Å². The highest BCUT2D eigenvalue weighted by Gasteiger charge is 2.34. The van der Waals surface area contributed by atoms with E-state index in [1.54, 1.807) is 14.2 Å². The van der Waals surface area contributed by atoms with Gasteiger partial charge in [0.2, 0.25) is 0 Å². The van der Waals surface area contributed by atoms with Gasteiger partial charge in [0.15, 0.2) is 6.54 Å². The second-order valence-corrected chi connectivity index (χ2v) is 7.82. The molecule has 1 aromatic carbocycles. The average Bonchev–Trinajstić information content (AvgIpc) is 3.10. The first-order chi connectivity index (χ1) is 12.6. The second-order valence-electron chi connectivity index (χ2n) is 7.82. The highest BCUT2D eigenvalue weighted by atomic mass is 16.5. The molecule has 26 heavy (non-hydrogen) atoms. The minimum absolute atomic E-state index is 0.188. The summed E-state index contributed by atoms with van der Waals surface area (Å²) in [6.07, 6.45) is 7.08. The van der Waals surface area contributed by atoms with Crippen molar-refractivity contribution in [2.24, 2.45) is 5.92 Å². The molecule has 0 bridgehead atoms. The van der Waals surface area contributed by atoms with Crippen LogP contribution in [0.1, 0.15) is 57.1 Å². The molecule has 5 nitrogen and oxygen atoms in total. The lowest BCUT2D eigenvalue weighted by Crippen LogP contribution is -3.11. The SMILES string of the molecule is COc1ccc(OC)c([C@H]2CCC[NH+]2CC(=O)N[C@H]2CCCC[C@H]2C)c1. The molecule has 1 aromatic rings. The number of methoxy groups -OCH3 is 2. The Bertz CT molecular complexity index is 619. The van der Waals surface area contributed by atoms with Gasteiger partial charge in [-0.25, -0.2) is 0 Å². The number of nitrogens with one attached hydrogen (secondary N) is 2. The van der Waals surface area contributed by atoms with Crippen LogP contribution in [0.2, 0.25) is 0 Å². The van der Waals surface area contributed by atoms with E-state index in [9.17, 15) is 4.79 Å². The van der Waals surface area contributed by atoms with Crippen molar-refractivity contribution >= 4 is 5.91 Å². The van der Waals surface area contributed by atoms with Gasteiger partial charge in [-0.3, -0.25) is 4.79 Å². The summed E-state index contributed by atoms with van der Waals surface area (Å²) in [5.74, 6) is 2.51. The number of benzene rings is 1. The third-order valence-corrected chi connectivity index (χ3v) is 6.14. The molecule has 144 valence electrons. The Hall–Kier alpha value is -1.75. The monoisotopic (exact) mass is 361 g/mol. The van der Waals surface area contributed by atoms with E-state index in [0.717, 1.165) is 42.9 Å². The van der Waals surface area contributed by atoms with Crippen LogP contribution in [-0.2, 0) is 4.79 Å². The van der Waals surface area contributed by atoms with Crippen molar-refractivity contribution in [3.63, 3.8) is 0 Å². The molecule has 1 amide bonds. The van der Waals surface area contributed by atoms with Gasteiger partial charge in [-0.15, -0.1) is 0 Å². The Morgan fingerprint density at radius 3 is 2.69 bits per heavy atom. The molecule has 1 unspecified atom stereocenters. The van der Waals surface area contributed by atoms with Crippen LogP contribution in [0, 0.1) is 5.92 Å². The van der Waals surface area contributed by atoms with Crippen LogP contribution in [0.4, 0.5) is 0 Å². The zero-order valence-electron chi connectivity index (χ0n) is 16.3. The number of ether oxygens (including phenoxy) is 2. The van der Waals surface area contributed by atoms with Crippen molar-refractivity contribution in [3.05, 3.63) is 23.8 Å². The van der Waals surface area contributed by atoms with E-state index in [1.807, 2.05) is 12.1 Å². The molecule has 0 radical (unpaired) electrons. The van der Waals surface area contributed by atoms with Crippen molar-refractivity contribution in [3.8, 4) is 11.5 Å². The van der Waals surface area contributed by atoms with Crippen LogP contribution in [-0.4, -0.2) is 39.3 Å². The minimum atomic E-state index is 0.188. The number of carbonyl (C=O) groups excluding carboxylic acids is 1. The Kier molecular flexibility index (Phi) is 6.41. The predicted molar refractivity (Wildman–Crippen MR) is 102 cm³/mol. The highest BCUT2D eigenvalue weighted by Crippen LogP contribution is 2.31. The average molecular weight is 362 g/mol. The topological polar surface area (TPSA) is 52.0 Å². The number of hydrogen-bond acceptors (Lipinski definition) is 3. The van der Waals surface area contributed by atoms with Gasteiger partial charge in [-0.2, -0.15) is 0 Å². The Morgan fingerprint density at radius 2 is 1.96 bits per heavy atom. The maximum Gasteiger partial charge on any atom is 0.275 e. The number of likely N-dealkylation sites (tertiary alicyclic amines) is 1. The van der Waals surface area contributed by atoms with Crippen molar-refractivity contribution in [1.29, 1.82) is 0 Å². The summed E-state index contributed by atoms with van der Waals surface area (Å²) in [6.45, 7) is 3.82. The van der Waals surface area contributed by atoms with E-state index in [0.29, 0.717) is 18.5 Å². The maximum atomic E-state index is 12.7. The van der Waals surface area contributed by atoms with E-state index in [1.165, 1.54) is 24.2 Å². The Balaban J connectivity index is 1.67. The fourth-order valence-electron chi connectivity index (χ4n) is 4.61. The summed E-state index contributed by atoms with van der Waals surface area (Å²) >= 11 is 0. The fourth-order valence-corrected chi connectivity index (χ4v) is 4.61. The lowest BCUT2D eigenvalue weighted by molar-refractivity contribution is -0.910. The summed E-state index contributed by atoms with van der Waals surface area (Å²) < 4.78 is 11.0. The minimum Gasteiger partial charge on any atom is -0.497 e. The summed E-state index contributed by atoms with van der Waals surface area (Å²) in [5.41, 5.74) is 1.15. The fraction of sp³-hybridized carbons (Fsp3) is 0.667. The molecule has 1 aliphatic heterocycles. The molecule has 3 rings (SSSR count). The van der Waals surface area contributed by atoms with Crippen LogP contribution >= 0.6 is 0 Å². The number of hydrogen-bond donors (Lipinski definition) is 2. The van der Waals surface area contributed by atoms with Crippen LogP contribution < -0.4 is 19.7 Å². The molecule has 2 fully saturated rings. The molecule has 0 spiro atoms. The molecule has 1 saturated heterocycles. The van der Waals surface area contributed by atoms with Crippen molar-refractivity contribution in [1.82, 2.24) is 5.32 Å². The van der Waals surface area contributed by atoms with Crippen molar-refractivity contribution in [2.75, 3.05) is 27.3 Å². The zero-order chi connectivity index (χ0) is 18.5.